The van der Waals surface area contributed by atoms with Crippen molar-refractivity contribution in [3.63, 3.8) is 0 Å². The zero-order chi connectivity index (χ0) is 59.0. The van der Waals surface area contributed by atoms with Gasteiger partial charge in [0.1, 0.15) is 36.5 Å². The number of hydrogen-bond donors (Lipinski definition) is 6. The zero-order valence-electron chi connectivity index (χ0n) is 48.2. The minimum atomic E-state index is -0.412. The molecule has 83 heavy (non-hydrogen) atoms. The quantitative estimate of drug-likeness (QED) is 0.0338. The number of carbonyl (C=O) groups excluding carboxylic acids is 2. The van der Waals surface area contributed by atoms with Crippen molar-refractivity contribution >= 4 is 69.1 Å². The van der Waals surface area contributed by atoms with E-state index in [9.17, 15) is 9.59 Å². The van der Waals surface area contributed by atoms with Gasteiger partial charge in [-0.2, -0.15) is 15.1 Å². The lowest BCUT2D eigenvalue weighted by atomic mass is 9.65. The predicted octanol–water partition coefficient (Wildman–Crippen LogP) is 9.19. The van der Waals surface area contributed by atoms with Gasteiger partial charge in [0.05, 0.1) is 63.2 Å². The highest BCUT2D eigenvalue weighted by Gasteiger charge is 2.52. The summed E-state index contributed by atoms with van der Waals surface area (Å²) in [5, 5.41) is 23.6. The Hall–Kier alpha value is -7.14. The molecule has 13 rings (SSSR count). The van der Waals surface area contributed by atoms with Crippen molar-refractivity contribution in [3.8, 4) is 39.1 Å². The molecule has 22 heteroatoms. The summed E-state index contributed by atoms with van der Waals surface area (Å²) in [7, 11) is 1.00. The Morgan fingerprint density at radius 2 is 1.80 bits per heavy atom. The Morgan fingerprint density at radius 3 is 2.42 bits per heavy atom. The van der Waals surface area contributed by atoms with Gasteiger partial charge in [-0.25, -0.2) is 15.2 Å². The van der Waals surface area contributed by atoms with E-state index in [2.05, 4.69) is 63.6 Å². The van der Waals surface area contributed by atoms with Gasteiger partial charge in [0, 0.05) is 79.5 Å². The number of halogens is 2. The molecule has 4 unspecified atom stereocenters. The fourth-order valence-electron chi connectivity index (χ4n) is 11.6. The van der Waals surface area contributed by atoms with Crippen LogP contribution in [0.25, 0.3) is 49.1 Å². The van der Waals surface area contributed by atoms with Crippen LogP contribution in [0.1, 0.15) is 94.2 Å². The first kappa shape index (κ1) is 60.5. The van der Waals surface area contributed by atoms with E-state index < -0.39 is 5.82 Å². The number of benzene rings is 4. The number of nitrogens with one attached hydrogen (secondary N) is 3. The SMILES string of the molecule is CC1CCCN1C=O.CCC.CCN(N)/C=C(\N)c1ccc(COc2c(-c3c(C)c(F)cc4[nH]ncc34)c(Cl)c3c4c(nc(OC5CC6(COC6)C5)nc24)N2C4CNC(C4)C2CO3)cc1.CO.Cc1ncsc1-c1ccc(CNC=O)cc1. The molecule has 19 nitrogen and oxygen atoms in total. The molecule has 8 heterocycles. The molecule has 2 amide bonds. The summed E-state index contributed by atoms with van der Waals surface area (Å²) in [4.78, 5) is 40.2. The summed E-state index contributed by atoms with van der Waals surface area (Å²) >= 11 is 9.16. The molecule has 2 bridgehead atoms. The summed E-state index contributed by atoms with van der Waals surface area (Å²) in [5.74, 6) is 7.06. The van der Waals surface area contributed by atoms with Gasteiger partial charge in [0.15, 0.2) is 11.5 Å². The van der Waals surface area contributed by atoms with Crippen molar-refractivity contribution in [2.45, 2.75) is 123 Å². The molecule has 5 aliphatic heterocycles. The van der Waals surface area contributed by atoms with Gasteiger partial charge in [-0.05, 0) is 93.7 Å². The maximum atomic E-state index is 15.8. The van der Waals surface area contributed by atoms with E-state index in [4.69, 9.17) is 57.2 Å². The Morgan fingerprint density at radius 1 is 1.06 bits per heavy atom. The molecule has 4 atom stereocenters. The molecule has 5 fully saturated rings. The standard InChI is InChI=1S/C39H41ClFN9O4.C12H12N2OS.C6H11NO.C3H8.CH4O/c1-3-49(43)14-26(42)21-6-4-20(5-7-21)15-52-36-31(30-19(2)25(41)9-27-24(30)13-45-48-27)33(40)35-32-34(36)46-38(54-23-10-39(11-23)17-51-18-39)47-37(32)50-22-8-28(44-12-22)29(50)16-53-35;1-9-12(16-8-14-9)11-4-2-10(3-5-11)6-13-7-15;1-6-3-2-4-7(6)5-8;1-3-2;1-2/h4-7,9,13-14,22-23,28-29,44H,3,8,10-12,15-18,42-43H2,1-2H3,(H,45,48);2-5,7-8H,6H2,1H3,(H,13,15);5-6H,2-4H2,1H3;3H2,1-2H3;2H,1H3/b26-14-;;;;. The van der Waals surface area contributed by atoms with Gasteiger partial charge in [0.25, 0.3) is 0 Å². The lowest BCUT2D eigenvalue weighted by Crippen LogP contribution is -2.56. The Bertz CT molecular complexity index is 3390. The molecule has 4 aromatic carbocycles. The number of nitrogens with zero attached hydrogens (tertiary/aromatic N) is 7. The van der Waals surface area contributed by atoms with Crippen LogP contribution in [0.5, 0.6) is 17.5 Å². The molecule has 7 aromatic rings. The van der Waals surface area contributed by atoms with E-state index in [-0.39, 0.29) is 47.3 Å². The molecule has 442 valence electrons. The van der Waals surface area contributed by atoms with Crippen molar-refractivity contribution in [1.82, 2.24) is 45.7 Å². The van der Waals surface area contributed by atoms with Crippen LogP contribution in [0.4, 0.5) is 10.2 Å². The van der Waals surface area contributed by atoms with Crippen LogP contribution < -0.4 is 41.3 Å². The number of aliphatic hydroxyl groups is 1. The zero-order valence-corrected chi connectivity index (χ0v) is 49.8. The number of H-pyrrole nitrogens is 1. The van der Waals surface area contributed by atoms with Gasteiger partial charge in [-0.15, -0.1) is 11.3 Å². The van der Waals surface area contributed by atoms with Gasteiger partial charge in [-0.1, -0.05) is 80.4 Å². The van der Waals surface area contributed by atoms with E-state index >= 15 is 4.39 Å². The second-order valence-corrected chi connectivity index (χ2v) is 23.1. The summed E-state index contributed by atoms with van der Waals surface area (Å²) < 4.78 is 41.4. The number of piperazine rings is 1. The molecule has 4 saturated heterocycles. The smallest absolute Gasteiger partial charge is 0.319 e. The summed E-state index contributed by atoms with van der Waals surface area (Å²) in [5.41, 5.74) is 16.3. The number of carbonyl (C=O) groups is 2. The van der Waals surface area contributed by atoms with Crippen LogP contribution in [0.2, 0.25) is 5.02 Å². The van der Waals surface area contributed by atoms with Crippen molar-refractivity contribution in [2.24, 2.45) is 17.0 Å². The number of thiazole rings is 1. The first-order valence-corrected chi connectivity index (χ1v) is 29.6. The number of hydrazine groups is 1. The summed E-state index contributed by atoms with van der Waals surface area (Å²) in [6, 6.07) is 18.6. The molecular formula is C61H76ClFN12O7S. The lowest BCUT2D eigenvalue weighted by Gasteiger charge is -2.52. The van der Waals surface area contributed by atoms with E-state index in [0.29, 0.717) is 93.7 Å². The van der Waals surface area contributed by atoms with Crippen molar-refractivity contribution in [1.29, 1.82) is 0 Å². The normalized spacial score (nSPS) is 19.7. The lowest BCUT2D eigenvalue weighted by molar-refractivity contribution is -0.192. The van der Waals surface area contributed by atoms with E-state index in [1.165, 1.54) is 40.8 Å². The number of anilines is 1. The number of rotatable bonds is 14. The van der Waals surface area contributed by atoms with Crippen LogP contribution in [-0.4, -0.2) is 130 Å². The molecule has 6 aliphatic rings. The van der Waals surface area contributed by atoms with E-state index in [0.717, 1.165) is 81.5 Å². The molecule has 1 spiro atoms. The third-order valence-corrected chi connectivity index (χ3v) is 17.3. The Labute approximate surface area is 492 Å². The van der Waals surface area contributed by atoms with Crippen LogP contribution in [0, 0.1) is 25.1 Å². The van der Waals surface area contributed by atoms with Gasteiger partial charge < -0.3 is 55.2 Å². The number of ether oxygens (including phenoxy) is 4. The first-order valence-electron chi connectivity index (χ1n) is 28.4. The van der Waals surface area contributed by atoms with Crippen molar-refractivity contribution < 1.29 is 38.0 Å². The minimum Gasteiger partial charge on any atom is -0.489 e. The molecule has 8 N–H and O–H groups in total. The van der Waals surface area contributed by atoms with E-state index in [1.807, 2.05) is 60.7 Å². The first-order chi connectivity index (χ1) is 40.3. The number of likely N-dealkylation sites (tertiary alicyclic amines) is 1. The number of aromatic amines is 1. The third-order valence-electron chi connectivity index (χ3n) is 16.0. The maximum absolute atomic E-state index is 15.8. The van der Waals surface area contributed by atoms with E-state index in [1.54, 1.807) is 30.7 Å². The highest BCUT2D eigenvalue weighted by Crippen LogP contribution is 2.56. The topological polar surface area (TPSA) is 244 Å². The van der Waals surface area contributed by atoms with Crippen LogP contribution in [0.3, 0.4) is 0 Å². The second kappa shape index (κ2) is 27.1. The van der Waals surface area contributed by atoms with Crippen LogP contribution in [0.15, 0.2) is 72.5 Å². The van der Waals surface area contributed by atoms with Gasteiger partial charge >= 0.3 is 6.01 Å². The highest BCUT2D eigenvalue weighted by molar-refractivity contribution is 7.13. The maximum Gasteiger partial charge on any atom is 0.319 e. The molecule has 1 saturated carbocycles. The number of fused-ring (bicyclic) bond motifs is 7. The minimum absolute atomic E-state index is 0.0187. The van der Waals surface area contributed by atoms with Crippen molar-refractivity contribution in [2.75, 3.05) is 51.5 Å². The molecule has 3 aromatic heterocycles. The molecule has 1 aliphatic carbocycles. The van der Waals surface area contributed by atoms with Crippen LogP contribution in [-0.2, 0) is 27.5 Å². The van der Waals surface area contributed by atoms with Gasteiger partial charge in [0.2, 0.25) is 12.8 Å². The highest BCUT2D eigenvalue weighted by atomic mass is 35.5. The number of amides is 2. The largest absolute Gasteiger partial charge is 0.489 e. The molecular weight excluding hydrogens is 1100 g/mol. The summed E-state index contributed by atoms with van der Waals surface area (Å²) in [6.07, 6.45) is 11.3. The number of aliphatic hydroxyl groups excluding tert-OH is 1. The number of hydrogen-bond acceptors (Lipinski definition) is 17. The van der Waals surface area contributed by atoms with Crippen LogP contribution >= 0.6 is 22.9 Å². The average Bonchev–Trinajstić information content (AvgIpc) is 2.46. The average molecular weight is 1180 g/mol. The summed E-state index contributed by atoms with van der Waals surface area (Å²) in [6.45, 7) is 17.0. The Balaban J connectivity index is 0.000000234. The number of aryl methyl sites for hydroxylation is 1. The number of aromatic nitrogens is 5. The monoisotopic (exact) mass is 1170 g/mol. The fourth-order valence-corrected chi connectivity index (χ4v) is 12.7. The fraction of sp³-hybridized carbons (Fsp3) is 0.443. The molecule has 0 radical (unpaired) electrons. The third kappa shape index (κ3) is 12.8. The number of nitrogens with two attached hydrogens (primary N) is 2. The predicted molar refractivity (Wildman–Crippen MR) is 323 cm³/mol. The van der Waals surface area contributed by atoms with Crippen molar-refractivity contribution in [3.05, 3.63) is 111 Å². The second-order valence-electron chi connectivity index (χ2n) is 21.8. The van der Waals surface area contributed by atoms with Gasteiger partial charge in [-0.3, -0.25) is 14.7 Å². The Kier molecular flexibility index (Phi) is 19.7.